The molecule has 0 spiro atoms. The third-order valence-electron chi connectivity index (χ3n) is 3.21. The van der Waals surface area contributed by atoms with Crippen LogP contribution < -0.4 is 10.6 Å². The predicted octanol–water partition coefficient (Wildman–Crippen LogP) is 2.17. The molecular weight excluding hydrogens is 246 g/mol. The van der Waals surface area contributed by atoms with Crippen molar-refractivity contribution >= 4 is 16.5 Å². The minimum Gasteiger partial charge on any atom is -0.383 e. The molecule has 0 aromatic carbocycles. The number of rotatable bonds is 8. The summed E-state index contributed by atoms with van der Waals surface area (Å²) >= 11 is 1.76. The molecule has 1 fully saturated rings. The molecular formula is C13H23N3OS. The minimum absolute atomic E-state index is 0.607. The van der Waals surface area contributed by atoms with Crippen molar-refractivity contribution < 1.29 is 4.74 Å². The number of hydrogen-bond acceptors (Lipinski definition) is 5. The van der Waals surface area contributed by atoms with Gasteiger partial charge in [-0.25, -0.2) is 4.98 Å². The van der Waals surface area contributed by atoms with Gasteiger partial charge in [0.2, 0.25) is 0 Å². The normalized spacial score (nSPS) is 15.1. The molecule has 0 amide bonds. The summed E-state index contributed by atoms with van der Waals surface area (Å²) in [5.74, 6) is 0. The number of anilines is 1. The number of aryl methyl sites for hydroxylation is 1. The van der Waals surface area contributed by atoms with Gasteiger partial charge in [-0.15, -0.1) is 11.3 Å². The van der Waals surface area contributed by atoms with Crippen molar-refractivity contribution in [2.24, 2.45) is 5.73 Å². The Morgan fingerprint density at radius 2 is 2.28 bits per heavy atom. The van der Waals surface area contributed by atoms with Crippen LogP contribution in [-0.4, -0.2) is 31.3 Å². The number of nitrogens with two attached hydrogens (primary N) is 1. The molecule has 18 heavy (non-hydrogen) atoms. The van der Waals surface area contributed by atoms with Gasteiger partial charge in [-0.1, -0.05) is 13.3 Å². The van der Waals surface area contributed by atoms with E-state index < -0.39 is 0 Å². The number of thiazole rings is 1. The Kier molecular flexibility index (Phi) is 4.97. The van der Waals surface area contributed by atoms with Crippen molar-refractivity contribution in [3.8, 4) is 0 Å². The molecule has 1 aliphatic rings. The number of ether oxygens (including phenoxy) is 1. The van der Waals surface area contributed by atoms with Crippen LogP contribution in [0.2, 0.25) is 0 Å². The van der Waals surface area contributed by atoms with Gasteiger partial charge in [-0.05, 0) is 19.3 Å². The van der Waals surface area contributed by atoms with E-state index in [1.54, 1.807) is 18.4 Å². The molecule has 0 aliphatic heterocycles. The van der Waals surface area contributed by atoms with E-state index in [0.717, 1.165) is 31.1 Å². The summed E-state index contributed by atoms with van der Waals surface area (Å²) < 4.78 is 5.19. The fraction of sp³-hybridized carbons (Fsp3) is 0.769. The van der Waals surface area contributed by atoms with Crippen LogP contribution in [0, 0.1) is 0 Å². The summed E-state index contributed by atoms with van der Waals surface area (Å²) in [6.45, 7) is 4.49. The van der Waals surface area contributed by atoms with Crippen molar-refractivity contribution in [3.63, 3.8) is 0 Å². The lowest BCUT2D eigenvalue weighted by Crippen LogP contribution is -2.29. The SMILES string of the molecule is CCCc1nc(N(CCOC)C2CC2)sc1CN. The van der Waals surface area contributed by atoms with Gasteiger partial charge in [0.25, 0.3) is 0 Å². The third-order valence-corrected chi connectivity index (χ3v) is 4.37. The molecule has 1 aromatic heterocycles. The largest absolute Gasteiger partial charge is 0.383 e. The van der Waals surface area contributed by atoms with Gasteiger partial charge >= 0.3 is 0 Å². The zero-order valence-corrected chi connectivity index (χ0v) is 12.1. The first-order chi connectivity index (χ1) is 8.80. The Balaban J connectivity index is 2.13. The van der Waals surface area contributed by atoms with Gasteiger partial charge in [0.1, 0.15) is 0 Å². The van der Waals surface area contributed by atoms with E-state index in [4.69, 9.17) is 15.5 Å². The monoisotopic (exact) mass is 269 g/mol. The second kappa shape index (κ2) is 6.50. The zero-order valence-electron chi connectivity index (χ0n) is 11.3. The highest BCUT2D eigenvalue weighted by molar-refractivity contribution is 7.15. The van der Waals surface area contributed by atoms with Crippen molar-refractivity contribution in [2.45, 2.75) is 45.2 Å². The molecule has 0 radical (unpaired) electrons. The number of hydrogen-bond donors (Lipinski definition) is 1. The van der Waals surface area contributed by atoms with Gasteiger partial charge < -0.3 is 15.4 Å². The van der Waals surface area contributed by atoms with Crippen LogP contribution in [0.25, 0.3) is 0 Å². The van der Waals surface area contributed by atoms with Crippen LogP contribution in [-0.2, 0) is 17.7 Å². The molecule has 0 unspecified atom stereocenters. The molecule has 1 saturated carbocycles. The van der Waals surface area contributed by atoms with Crippen molar-refractivity contribution in [1.82, 2.24) is 4.98 Å². The first-order valence-corrected chi connectivity index (χ1v) is 7.56. The van der Waals surface area contributed by atoms with E-state index in [0.29, 0.717) is 12.6 Å². The summed E-state index contributed by atoms with van der Waals surface area (Å²) in [6.07, 6.45) is 4.72. The maximum atomic E-state index is 5.81. The average Bonchev–Trinajstić information content (AvgIpc) is 3.12. The van der Waals surface area contributed by atoms with Crippen molar-refractivity contribution in [2.75, 3.05) is 25.2 Å². The maximum Gasteiger partial charge on any atom is 0.186 e. The van der Waals surface area contributed by atoms with Crippen LogP contribution in [0.4, 0.5) is 5.13 Å². The molecule has 1 aromatic rings. The predicted molar refractivity (Wildman–Crippen MR) is 76.2 cm³/mol. The molecule has 1 heterocycles. The fourth-order valence-electron chi connectivity index (χ4n) is 2.09. The molecule has 0 bridgehead atoms. The van der Waals surface area contributed by atoms with Crippen LogP contribution in [0.15, 0.2) is 0 Å². The standard InChI is InChI=1S/C13H23N3OS/c1-3-4-11-12(9-14)18-13(15-11)16(7-8-17-2)10-5-6-10/h10H,3-9,14H2,1-2H3. The van der Waals surface area contributed by atoms with Gasteiger partial charge in [-0.2, -0.15) is 0 Å². The molecule has 5 heteroatoms. The van der Waals surface area contributed by atoms with Gasteiger partial charge in [0.05, 0.1) is 12.3 Å². The highest BCUT2D eigenvalue weighted by Gasteiger charge is 2.31. The van der Waals surface area contributed by atoms with Crippen molar-refractivity contribution in [1.29, 1.82) is 0 Å². The summed E-state index contributed by atoms with van der Waals surface area (Å²) in [4.78, 5) is 8.43. The smallest absolute Gasteiger partial charge is 0.186 e. The average molecular weight is 269 g/mol. The lowest BCUT2D eigenvalue weighted by Gasteiger charge is -2.20. The van der Waals surface area contributed by atoms with Gasteiger partial charge in [0.15, 0.2) is 5.13 Å². The summed E-state index contributed by atoms with van der Waals surface area (Å²) in [7, 11) is 1.75. The van der Waals surface area contributed by atoms with E-state index >= 15 is 0 Å². The van der Waals surface area contributed by atoms with Crippen LogP contribution in [0.1, 0.15) is 36.8 Å². The highest BCUT2D eigenvalue weighted by atomic mass is 32.1. The molecule has 2 N–H and O–H groups in total. The second-order valence-electron chi connectivity index (χ2n) is 4.74. The number of aromatic nitrogens is 1. The topological polar surface area (TPSA) is 51.4 Å². The highest BCUT2D eigenvalue weighted by Crippen LogP contribution is 2.35. The molecule has 1 aliphatic carbocycles. The fourth-order valence-corrected chi connectivity index (χ4v) is 3.18. The third kappa shape index (κ3) is 3.22. The summed E-state index contributed by atoms with van der Waals surface area (Å²) in [6, 6.07) is 0.673. The Labute approximate surface area is 113 Å². The number of nitrogens with zero attached hydrogens (tertiary/aromatic N) is 2. The molecule has 0 saturated heterocycles. The Bertz CT molecular complexity index is 376. The lowest BCUT2D eigenvalue weighted by atomic mass is 10.2. The van der Waals surface area contributed by atoms with E-state index in [1.807, 2.05) is 0 Å². The molecule has 2 rings (SSSR count). The van der Waals surface area contributed by atoms with Crippen LogP contribution in [0.3, 0.4) is 0 Å². The summed E-state index contributed by atoms with van der Waals surface area (Å²) in [5, 5.41) is 1.14. The van der Waals surface area contributed by atoms with E-state index in [2.05, 4.69) is 11.8 Å². The van der Waals surface area contributed by atoms with Gasteiger partial charge in [-0.3, -0.25) is 0 Å². The number of methoxy groups -OCH3 is 1. The van der Waals surface area contributed by atoms with E-state index in [9.17, 15) is 0 Å². The Hall–Kier alpha value is -0.650. The molecule has 0 atom stereocenters. The lowest BCUT2D eigenvalue weighted by molar-refractivity contribution is 0.205. The molecule has 102 valence electrons. The first kappa shape index (κ1) is 13.8. The van der Waals surface area contributed by atoms with Crippen molar-refractivity contribution in [3.05, 3.63) is 10.6 Å². The molecule has 4 nitrogen and oxygen atoms in total. The Morgan fingerprint density at radius 3 is 2.83 bits per heavy atom. The van der Waals surface area contributed by atoms with Gasteiger partial charge in [0, 0.05) is 31.1 Å². The quantitative estimate of drug-likeness (QED) is 0.786. The van der Waals surface area contributed by atoms with Crippen LogP contribution in [0.5, 0.6) is 0 Å². The second-order valence-corrected chi connectivity index (χ2v) is 5.80. The zero-order chi connectivity index (χ0) is 13.0. The summed E-state index contributed by atoms with van der Waals surface area (Å²) in [5.41, 5.74) is 7.01. The van der Waals surface area contributed by atoms with Crippen LogP contribution >= 0.6 is 11.3 Å². The van der Waals surface area contributed by atoms with E-state index in [-0.39, 0.29) is 0 Å². The minimum atomic E-state index is 0.607. The first-order valence-electron chi connectivity index (χ1n) is 6.74. The van der Waals surface area contributed by atoms with E-state index in [1.165, 1.54) is 23.4 Å². The Morgan fingerprint density at radius 1 is 1.50 bits per heavy atom. The maximum absolute atomic E-state index is 5.81.